The van der Waals surface area contributed by atoms with Crippen LogP contribution < -0.4 is 0 Å². The van der Waals surface area contributed by atoms with Crippen molar-refractivity contribution in [2.24, 2.45) is 17.8 Å². The quantitative estimate of drug-likeness (QED) is 0.537. The van der Waals surface area contributed by atoms with Crippen LogP contribution in [-0.4, -0.2) is 11.2 Å². The zero-order valence-corrected chi connectivity index (χ0v) is 11.7. The van der Waals surface area contributed by atoms with E-state index in [9.17, 15) is 4.79 Å². The third-order valence-corrected chi connectivity index (χ3v) is 3.59. The van der Waals surface area contributed by atoms with E-state index in [0.29, 0.717) is 23.0 Å². The molecule has 1 unspecified atom stereocenters. The number of rotatable bonds is 2. The van der Waals surface area contributed by atoms with Crippen molar-refractivity contribution in [2.75, 3.05) is 0 Å². The minimum absolute atomic E-state index is 0.370. The lowest BCUT2D eigenvalue weighted by atomic mass is 10.3. The molecule has 3 aliphatic rings. The molecule has 0 aromatic carbocycles. The van der Waals surface area contributed by atoms with Crippen LogP contribution in [0.5, 0.6) is 0 Å². The molecule has 0 aromatic rings. The van der Waals surface area contributed by atoms with Crippen molar-refractivity contribution < 1.29 is 4.79 Å². The van der Waals surface area contributed by atoms with E-state index in [1.807, 2.05) is 0 Å². The second kappa shape index (κ2) is 7.07. The predicted molar refractivity (Wildman–Crippen MR) is 73.0 cm³/mol. The highest BCUT2D eigenvalue weighted by Crippen LogP contribution is 2.34. The number of halogens is 1. The third-order valence-electron chi connectivity index (χ3n) is 3.24. The van der Waals surface area contributed by atoms with E-state index in [-0.39, 0.29) is 0 Å². The van der Waals surface area contributed by atoms with Crippen molar-refractivity contribution in [1.82, 2.24) is 0 Å². The molecule has 0 heterocycles. The molecule has 0 radical (unpaired) electrons. The summed E-state index contributed by atoms with van der Waals surface area (Å²) in [5.41, 5.74) is 0. The molecule has 3 saturated carbocycles. The molecule has 2 heteroatoms. The number of Topliss-reactive ketones (excluding diaryl/α,β-unsaturated/α-hetero) is 1. The second-order valence-corrected chi connectivity index (χ2v) is 6.03. The van der Waals surface area contributed by atoms with Crippen molar-refractivity contribution in [2.45, 2.75) is 57.7 Å². The maximum absolute atomic E-state index is 10.2. The summed E-state index contributed by atoms with van der Waals surface area (Å²) in [7, 11) is 0. The molecule has 0 aromatic heterocycles. The summed E-state index contributed by atoms with van der Waals surface area (Å²) in [6.07, 6.45) is 12.6. The largest absolute Gasteiger partial charge is 0.300 e. The zero-order chi connectivity index (χ0) is 12.8. The van der Waals surface area contributed by atoms with Gasteiger partial charge in [-0.2, -0.15) is 0 Å². The molecule has 1 nitrogen and oxygen atoms in total. The standard InChI is InChI=1S/C5H9Cl.C5H8O.C5H6/c2*1-4(6)5-2-3-5;1-2-5-3-4-5/h4-5H,2-3H2,1H3;5H,2-3H2,1H3;1,5H,3-4H2. The Labute approximate surface area is 110 Å². The Morgan fingerprint density at radius 2 is 1.76 bits per heavy atom. The minimum Gasteiger partial charge on any atom is -0.300 e. The number of carbonyl (C=O) groups excluding carboxylic acids is 1. The second-order valence-electron chi connectivity index (χ2n) is 5.34. The van der Waals surface area contributed by atoms with Gasteiger partial charge in [0, 0.05) is 17.2 Å². The van der Waals surface area contributed by atoms with E-state index in [0.717, 1.165) is 18.8 Å². The molecular weight excluding hydrogens is 232 g/mol. The van der Waals surface area contributed by atoms with Gasteiger partial charge in [0.2, 0.25) is 0 Å². The van der Waals surface area contributed by atoms with Gasteiger partial charge in [-0.3, -0.25) is 4.79 Å². The Hall–Kier alpha value is -0.480. The van der Waals surface area contributed by atoms with Crippen molar-refractivity contribution in [3.8, 4) is 12.3 Å². The highest BCUT2D eigenvalue weighted by atomic mass is 35.5. The number of terminal acetylenes is 1. The van der Waals surface area contributed by atoms with Crippen LogP contribution in [0.15, 0.2) is 0 Å². The Bertz CT molecular complexity index is 278. The van der Waals surface area contributed by atoms with Gasteiger partial charge in [-0.1, -0.05) is 0 Å². The van der Waals surface area contributed by atoms with Gasteiger partial charge in [-0.25, -0.2) is 0 Å². The molecule has 0 bridgehead atoms. The van der Waals surface area contributed by atoms with E-state index < -0.39 is 0 Å². The smallest absolute Gasteiger partial charge is 0.132 e. The Morgan fingerprint density at radius 3 is 1.76 bits per heavy atom. The summed E-state index contributed by atoms with van der Waals surface area (Å²) >= 11 is 5.68. The summed E-state index contributed by atoms with van der Waals surface area (Å²) in [4.78, 5) is 10.2. The lowest BCUT2D eigenvalue weighted by Crippen LogP contribution is -1.89. The van der Waals surface area contributed by atoms with Crippen LogP contribution in [-0.2, 0) is 4.79 Å². The van der Waals surface area contributed by atoms with Crippen LogP contribution in [0, 0.1) is 30.1 Å². The Morgan fingerprint density at radius 1 is 1.24 bits per heavy atom. The van der Waals surface area contributed by atoms with Crippen molar-refractivity contribution >= 4 is 17.4 Å². The van der Waals surface area contributed by atoms with Gasteiger partial charge in [0.05, 0.1) is 0 Å². The molecule has 0 aliphatic heterocycles. The first-order valence-corrected chi connectivity index (χ1v) is 7.08. The van der Waals surface area contributed by atoms with Crippen LogP contribution in [0.25, 0.3) is 0 Å². The molecule has 0 saturated heterocycles. The first-order chi connectivity index (χ1) is 8.04. The zero-order valence-electron chi connectivity index (χ0n) is 10.9. The number of alkyl halides is 1. The fraction of sp³-hybridized carbons (Fsp3) is 0.800. The molecule has 1 atom stereocenters. The van der Waals surface area contributed by atoms with Gasteiger partial charge >= 0.3 is 0 Å². The lowest BCUT2D eigenvalue weighted by Gasteiger charge is -1.91. The number of ketones is 1. The Kier molecular flexibility index (Phi) is 6.06. The molecule has 0 N–H and O–H groups in total. The summed E-state index contributed by atoms with van der Waals surface area (Å²) in [5.74, 6) is 5.00. The SMILES string of the molecule is C#CC1CC1.CC(=O)C1CC1.CC(Cl)C1CC1. The number of hydrogen-bond donors (Lipinski definition) is 0. The van der Waals surface area contributed by atoms with Gasteiger partial charge in [0.15, 0.2) is 0 Å². The van der Waals surface area contributed by atoms with Crippen LogP contribution in [0.1, 0.15) is 52.4 Å². The van der Waals surface area contributed by atoms with Gasteiger partial charge in [-0.15, -0.1) is 23.9 Å². The predicted octanol–water partition coefficient (Wildman–Crippen LogP) is 4.04. The Balaban J connectivity index is 0.000000128. The molecular formula is C15H23ClO. The van der Waals surface area contributed by atoms with Crippen molar-refractivity contribution in [1.29, 1.82) is 0 Å². The van der Waals surface area contributed by atoms with E-state index in [1.54, 1.807) is 6.92 Å². The van der Waals surface area contributed by atoms with Crippen LogP contribution in [0.3, 0.4) is 0 Å². The van der Waals surface area contributed by atoms with Gasteiger partial charge in [0.25, 0.3) is 0 Å². The lowest BCUT2D eigenvalue weighted by molar-refractivity contribution is -0.118. The molecule has 3 aliphatic carbocycles. The summed E-state index contributed by atoms with van der Waals surface area (Å²) in [5, 5.41) is 0.435. The minimum atomic E-state index is 0.370. The monoisotopic (exact) mass is 254 g/mol. The normalized spacial score (nSPS) is 23.2. The highest BCUT2D eigenvalue weighted by molar-refractivity contribution is 6.20. The number of hydrogen-bond acceptors (Lipinski definition) is 1. The van der Waals surface area contributed by atoms with Gasteiger partial charge < -0.3 is 0 Å². The van der Waals surface area contributed by atoms with Crippen LogP contribution in [0.2, 0.25) is 0 Å². The summed E-state index contributed by atoms with van der Waals surface area (Å²) in [6, 6.07) is 0. The summed E-state index contributed by atoms with van der Waals surface area (Å²) in [6.45, 7) is 3.73. The summed E-state index contributed by atoms with van der Waals surface area (Å²) < 4.78 is 0. The van der Waals surface area contributed by atoms with E-state index in [2.05, 4.69) is 12.8 Å². The molecule has 3 rings (SSSR count). The first kappa shape index (κ1) is 14.6. The molecule has 96 valence electrons. The van der Waals surface area contributed by atoms with Crippen LogP contribution >= 0.6 is 11.6 Å². The maximum atomic E-state index is 10.2. The van der Waals surface area contributed by atoms with Crippen molar-refractivity contribution in [3.63, 3.8) is 0 Å². The average molecular weight is 255 g/mol. The van der Waals surface area contributed by atoms with E-state index >= 15 is 0 Å². The molecule has 3 fully saturated rings. The highest BCUT2D eigenvalue weighted by Gasteiger charge is 2.26. The first-order valence-electron chi connectivity index (χ1n) is 6.65. The fourth-order valence-electron chi connectivity index (χ4n) is 1.30. The van der Waals surface area contributed by atoms with Crippen LogP contribution in [0.4, 0.5) is 0 Å². The average Bonchev–Trinajstić information content (AvgIpc) is 3.23. The van der Waals surface area contributed by atoms with E-state index in [4.69, 9.17) is 18.0 Å². The topological polar surface area (TPSA) is 17.1 Å². The van der Waals surface area contributed by atoms with Crippen molar-refractivity contribution in [3.05, 3.63) is 0 Å². The van der Waals surface area contributed by atoms with E-state index in [1.165, 1.54) is 25.7 Å². The third kappa shape index (κ3) is 8.27. The molecule has 17 heavy (non-hydrogen) atoms. The molecule has 0 amide bonds. The number of carbonyl (C=O) groups is 1. The van der Waals surface area contributed by atoms with Gasteiger partial charge in [-0.05, 0) is 58.3 Å². The van der Waals surface area contributed by atoms with Gasteiger partial charge in [0.1, 0.15) is 5.78 Å². The fourth-order valence-corrected chi connectivity index (χ4v) is 1.55. The molecule has 0 spiro atoms. The maximum Gasteiger partial charge on any atom is 0.132 e.